The zero-order chi connectivity index (χ0) is 7.84. The molecule has 0 amide bonds. The Balaban J connectivity index is 2.94. The van der Waals surface area contributed by atoms with Crippen LogP contribution >= 0.6 is 31.9 Å². The van der Waals surface area contributed by atoms with Gasteiger partial charge in [0.2, 0.25) is 0 Å². The van der Waals surface area contributed by atoms with Crippen LogP contribution in [0.15, 0.2) is 33.3 Å². The highest BCUT2D eigenvalue weighted by molar-refractivity contribution is 9.11. The maximum atomic E-state index is 3.46. The van der Waals surface area contributed by atoms with Crippen molar-refractivity contribution >= 4 is 42.8 Å². The molecular weight excluding hydrogens is 270 g/mol. The van der Waals surface area contributed by atoms with Crippen molar-refractivity contribution in [2.24, 2.45) is 0 Å². The van der Waals surface area contributed by atoms with Crippen molar-refractivity contribution in [3.8, 4) is 0 Å². The van der Waals surface area contributed by atoms with E-state index in [1.54, 1.807) is 0 Å². The van der Waals surface area contributed by atoms with Crippen molar-refractivity contribution in [3.05, 3.63) is 33.3 Å². The summed E-state index contributed by atoms with van der Waals surface area (Å²) in [5, 5.41) is 1.21. The normalized spacial score (nSPS) is 10.7. The number of aromatic amines is 1. The third-order valence-electron chi connectivity index (χ3n) is 1.61. The van der Waals surface area contributed by atoms with Crippen LogP contribution in [0.3, 0.4) is 0 Å². The molecule has 0 bridgehead atoms. The number of hydrogen-bond acceptors (Lipinski definition) is 0. The number of nitrogens with one attached hydrogen (secondary N) is 1. The van der Waals surface area contributed by atoms with Gasteiger partial charge in [-0.15, -0.1) is 0 Å². The second-order valence-electron chi connectivity index (χ2n) is 2.30. The predicted octanol–water partition coefficient (Wildman–Crippen LogP) is 3.69. The van der Waals surface area contributed by atoms with Gasteiger partial charge in [-0.3, -0.25) is 0 Å². The van der Waals surface area contributed by atoms with E-state index in [0.29, 0.717) is 0 Å². The average molecular weight is 275 g/mol. The largest absolute Gasteiger partial charge is 0.359 e. The van der Waals surface area contributed by atoms with E-state index in [0.717, 1.165) is 14.5 Å². The van der Waals surface area contributed by atoms with E-state index in [1.165, 1.54) is 5.39 Å². The van der Waals surface area contributed by atoms with E-state index >= 15 is 0 Å². The number of benzene rings is 1. The Bertz CT molecular complexity index is 392. The molecule has 1 aromatic carbocycles. The van der Waals surface area contributed by atoms with Crippen LogP contribution in [0.5, 0.6) is 0 Å². The number of fused-ring (bicyclic) bond motifs is 1. The van der Waals surface area contributed by atoms with Crippen molar-refractivity contribution < 1.29 is 0 Å². The summed E-state index contributed by atoms with van der Waals surface area (Å²) in [5.74, 6) is 0. The molecule has 3 heteroatoms. The van der Waals surface area contributed by atoms with Crippen LogP contribution in [0, 0.1) is 0 Å². The molecule has 0 fully saturated rings. The van der Waals surface area contributed by atoms with E-state index in [-0.39, 0.29) is 0 Å². The van der Waals surface area contributed by atoms with E-state index in [1.807, 2.05) is 18.3 Å². The van der Waals surface area contributed by atoms with Crippen LogP contribution in [-0.4, -0.2) is 4.98 Å². The molecule has 2 rings (SSSR count). The van der Waals surface area contributed by atoms with Crippen LogP contribution in [0.2, 0.25) is 0 Å². The van der Waals surface area contributed by atoms with Crippen molar-refractivity contribution in [1.29, 1.82) is 0 Å². The Morgan fingerprint density at radius 2 is 1.91 bits per heavy atom. The van der Waals surface area contributed by atoms with Gasteiger partial charge in [-0.25, -0.2) is 0 Å². The molecule has 0 saturated carbocycles. The third-order valence-corrected chi connectivity index (χ3v) is 2.93. The van der Waals surface area contributed by atoms with Gasteiger partial charge in [0.15, 0.2) is 0 Å². The topological polar surface area (TPSA) is 15.8 Å². The minimum Gasteiger partial charge on any atom is -0.359 e. The first kappa shape index (κ1) is 7.37. The van der Waals surface area contributed by atoms with Gasteiger partial charge in [0.25, 0.3) is 0 Å². The molecule has 1 aromatic heterocycles. The molecule has 0 spiro atoms. The highest BCUT2D eigenvalue weighted by atomic mass is 79.9. The molecule has 1 heterocycles. The number of H-pyrrole nitrogens is 1. The average Bonchev–Trinajstić information content (AvgIpc) is 2.35. The molecule has 0 atom stereocenters. The molecule has 0 unspecified atom stereocenters. The standard InChI is InChI=1S/C8H5Br2N/c9-6-3-1-2-5-7(10)4-11-8(5)6/h1-4,11H. The van der Waals surface area contributed by atoms with E-state index in [2.05, 4.69) is 42.9 Å². The second-order valence-corrected chi connectivity index (χ2v) is 4.01. The Kier molecular flexibility index (Phi) is 1.77. The Labute approximate surface area is 81.1 Å². The first-order valence-electron chi connectivity index (χ1n) is 3.20. The zero-order valence-electron chi connectivity index (χ0n) is 5.57. The molecule has 2 aromatic rings. The minimum absolute atomic E-state index is 1.10. The fraction of sp³-hybridized carbons (Fsp3) is 0. The lowest BCUT2D eigenvalue weighted by Crippen LogP contribution is -1.68. The molecule has 0 saturated heterocycles. The molecule has 0 radical (unpaired) electrons. The van der Waals surface area contributed by atoms with Crippen LogP contribution in [0.25, 0.3) is 10.9 Å². The van der Waals surface area contributed by atoms with Gasteiger partial charge in [-0.2, -0.15) is 0 Å². The summed E-state index contributed by atoms with van der Waals surface area (Å²) in [6.07, 6.45) is 1.94. The van der Waals surface area contributed by atoms with Crippen LogP contribution in [0.4, 0.5) is 0 Å². The van der Waals surface area contributed by atoms with Crippen LogP contribution in [-0.2, 0) is 0 Å². The molecule has 0 aliphatic rings. The van der Waals surface area contributed by atoms with Gasteiger partial charge in [0.1, 0.15) is 0 Å². The molecule has 1 nitrogen and oxygen atoms in total. The summed E-state index contributed by atoms with van der Waals surface area (Å²) in [4.78, 5) is 3.16. The van der Waals surface area contributed by atoms with Gasteiger partial charge >= 0.3 is 0 Å². The maximum Gasteiger partial charge on any atom is 0.0610 e. The highest BCUT2D eigenvalue weighted by Crippen LogP contribution is 2.28. The van der Waals surface area contributed by atoms with Gasteiger partial charge in [0.05, 0.1) is 5.52 Å². The summed E-state index contributed by atoms with van der Waals surface area (Å²) < 4.78 is 2.20. The molecular formula is C8H5Br2N. The third kappa shape index (κ3) is 1.12. The Morgan fingerprint density at radius 3 is 2.64 bits per heavy atom. The molecule has 11 heavy (non-hydrogen) atoms. The maximum absolute atomic E-state index is 3.46. The van der Waals surface area contributed by atoms with Crippen molar-refractivity contribution in [2.45, 2.75) is 0 Å². The van der Waals surface area contributed by atoms with Crippen molar-refractivity contribution in [3.63, 3.8) is 0 Å². The highest BCUT2D eigenvalue weighted by Gasteiger charge is 2.01. The number of halogens is 2. The summed E-state index contributed by atoms with van der Waals surface area (Å²) in [6.45, 7) is 0. The summed E-state index contributed by atoms with van der Waals surface area (Å²) in [6, 6.07) is 6.11. The second kappa shape index (κ2) is 2.64. The molecule has 56 valence electrons. The van der Waals surface area contributed by atoms with Gasteiger partial charge in [-0.05, 0) is 37.9 Å². The number of hydrogen-bond donors (Lipinski definition) is 1. The Morgan fingerprint density at radius 1 is 1.09 bits per heavy atom. The molecule has 1 N–H and O–H groups in total. The van der Waals surface area contributed by atoms with Crippen LogP contribution in [0.1, 0.15) is 0 Å². The zero-order valence-corrected chi connectivity index (χ0v) is 8.74. The predicted molar refractivity (Wildman–Crippen MR) is 53.7 cm³/mol. The van der Waals surface area contributed by atoms with E-state index in [4.69, 9.17) is 0 Å². The lowest BCUT2D eigenvalue weighted by atomic mass is 10.3. The molecule has 0 aliphatic carbocycles. The van der Waals surface area contributed by atoms with Crippen LogP contribution < -0.4 is 0 Å². The fourth-order valence-corrected chi connectivity index (χ4v) is 2.01. The lowest BCUT2D eigenvalue weighted by molar-refractivity contribution is 1.46. The van der Waals surface area contributed by atoms with Gasteiger partial charge < -0.3 is 4.98 Å². The SMILES string of the molecule is Brc1c[nH]c2c(Br)cccc12. The Hall–Kier alpha value is -0.280. The number of para-hydroxylation sites is 1. The lowest BCUT2D eigenvalue weighted by Gasteiger charge is -1.91. The van der Waals surface area contributed by atoms with E-state index < -0.39 is 0 Å². The quantitative estimate of drug-likeness (QED) is 0.754. The minimum atomic E-state index is 1.10. The summed E-state index contributed by atoms with van der Waals surface area (Å²) in [7, 11) is 0. The van der Waals surface area contributed by atoms with Crippen molar-refractivity contribution in [1.82, 2.24) is 4.98 Å². The first-order chi connectivity index (χ1) is 5.29. The number of rotatable bonds is 0. The molecule has 0 aliphatic heterocycles. The summed E-state index contributed by atoms with van der Waals surface area (Å²) >= 11 is 6.91. The summed E-state index contributed by atoms with van der Waals surface area (Å²) in [5.41, 5.74) is 1.14. The first-order valence-corrected chi connectivity index (χ1v) is 4.79. The fourth-order valence-electron chi connectivity index (χ4n) is 1.08. The smallest absolute Gasteiger partial charge is 0.0610 e. The number of aromatic nitrogens is 1. The van der Waals surface area contributed by atoms with Gasteiger partial charge in [0, 0.05) is 20.5 Å². The van der Waals surface area contributed by atoms with Gasteiger partial charge in [-0.1, -0.05) is 12.1 Å². The van der Waals surface area contributed by atoms with Crippen molar-refractivity contribution in [2.75, 3.05) is 0 Å². The van der Waals surface area contributed by atoms with E-state index in [9.17, 15) is 0 Å². The monoisotopic (exact) mass is 273 g/mol.